The van der Waals surface area contributed by atoms with E-state index in [1.165, 1.54) is 0 Å². The fourth-order valence-corrected chi connectivity index (χ4v) is 3.40. The Morgan fingerprint density at radius 2 is 2.17 bits per heavy atom. The Balaban J connectivity index is 1.92. The SMILES string of the molecule is CNC(=O)CN1CCC(CN(C)c2c(Cl)cccc2C#N)CC1. The van der Waals surface area contributed by atoms with Crippen LogP contribution in [0.15, 0.2) is 18.2 Å². The van der Waals surface area contributed by atoms with E-state index >= 15 is 0 Å². The molecule has 2 rings (SSSR count). The number of carbonyl (C=O) groups excluding carboxylic acids is 1. The van der Waals surface area contributed by atoms with Crippen molar-refractivity contribution in [2.75, 3.05) is 45.2 Å². The number of rotatable bonds is 5. The van der Waals surface area contributed by atoms with Gasteiger partial charge in [-0.15, -0.1) is 0 Å². The van der Waals surface area contributed by atoms with E-state index in [0.717, 1.165) is 38.2 Å². The fraction of sp³-hybridized carbons (Fsp3) is 0.529. The van der Waals surface area contributed by atoms with Gasteiger partial charge in [-0.3, -0.25) is 9.69 Å². The molecule has 1 fully saturated rings. The first-order valence-corrected chi connectivity index (χ1v) is 8.25. The molecule has 0 bridgehead atoms. The number of para-hydroxylation sites is 1. The van der Waals surface area contributed by atoms with Crippen LogP contribution >= 0.6 is 11.6 Å². The minimum atomic E-state index is 0.0651. The number of hydrogen-bond donors (Lipinski definition) is 1. The normalized spacial score (nSPS) is 15.9. The maximum absolute atomic E-state index is 11.4. The third-order valence-corrected chi connectivity index (χ3v) is 4.68. The summed E-state index contributed by atoms with van der Waals surface area (Å²) in [6, 6.07) is 7.63. The number of nitrogens with zero attached hydrogens (tertiary/aromatic N) is 3. The largest absolute Gasteiger partial charge is 0.372 e. The monoisotopic (exact) mass is 334 g/mol. The van der Waals surface area contributed by atoms with Crippen molar-refractivity contribution in [1.29, 1.82) is 5.26 Å². The highest BCUT2D eigenvalue weighted by atomic mass is 35.5. The summed E-state index contributed by atoms with van der Waals surface area (Å²) in [7, 11) is 3.65. The van der Waals surface area contributed by atoms with Crippen LogP contribution in [0.5, 0.6) is 0 Å². The smallest absolute Gasteiger partial charge is 0.233 e. The number of nitrogens with one attached hydrogen (secondary N) is 1. The zero-order valence-corrected chi connectivity index (χ0v) is 14.4. The maximum atomic E-state index is 11.4. The van der Waals surface area contributed by atoms with Gasteiger partial charge in [0.15, 0.2) is 0 Å². The molecule has 1 aliphatic heterocycles. The lowest BCUT2D eigenvalue weighted by Gasteiger charge is -2.34. The van der Waals surface area contributed by atoms with Gasteiger partial charge in [-0.05, 0) is 44.0 Å². The number of nitriles is 1. The molecule has 5 nitrogen and oxygen atoms in total. The fourth-order valence-electron chi connectivity index (χ4n) is 3.08. The Morgan fingerprint density at radius 1 is 1.48 bits per heavy atom. The number of benzene rings is 1. The minimum absolute atomic E-state index is 0.0651. The number of halogens is 1. The molecule has 0 aliphatic carbocycles. The lowest BCUT2D eigenvalue weighted by Crippen LogP contribution is -2.42. The Bertz CT molecular complexity index is 591. The summed E-state index contributed by atoms with van der Waals surface area (Å²) in [5.41, 5.74) is 1.42. The Labute approximate surface area is 142 Å². The maximum Gasteiger partial charge on any atom is 0.233 e. The van der Waals surface area contributed by atoms with Crippen molar-refractivity contribution in [3.8, 4) is 6.07 Å². The van der Waals surface area contributed by atoms with E-state index in [4.69, 9.17) is 11.6 Å². The molecule has 0 atom stereocenters. The molecule has 0 radical (unpaired) electrons. The number of amides is 1. The Hall–Kier alpha value is -1.77. The van der Waals surface area contributed by atoms with Gasteiger partial charge in [-0.1, -0.05) is 17.7 Å². The Kier molecular flexibility index (Phi) is 6.26. The summed E-state index contributed by atoms with van der Waals surface area (Å²) < 4.78 is 0. The van der Waals surface area contributed by atoms with Gasteiger partial charge in [0.2, 0.25) is 5.91 Å². The van der Waals surface area contributed by atoms with Crippen molar-refractivity contribution in [2.24, 2.45) is 5.92 Å². The predicted molar refractivity (Wildman–Crippen MR) is 92.7 cm³/mol. The summed E-state index contributed by atoms with van der Waals surface area (Å²) in [4.78, 5) is 15.7. The van der Waals surface area contributed by atoms with Gasteiger partial charge in [0.1, 0.15) is 6.07 Å². The first-order valence-electron chi connectivity index (χ1n) is 7.87. The molecule has 0 aromatic heterocycles. The highest BCUT2D eigenvalue weighted by Gasteiger charge is 2.23. The molecule has 1 aliphatic rings. The molecule has 1 N–H and O–H groups in total. The number of anilines is 1. The third-order valence-electron chi connectivity index (χ3n) is 4.37. The minimum Gasteiger partial charge on any atom is -0.372 e. The number of carbonyl (C=O) groups is 1. The highest BCUT2D eigenvalue weighted by molar-refractivity contribution is 6.33. The van der Waals surface area contributed by atoms with Crippen molar-refractivity contribution < 1.29 is 4.79 Å². The lowest BCUT2D eigenvalue weighted by atomic mass is 9.96. The van der Waals surface area contributed by atoms with E-state index in [2.05, 4.69) is 21.2 Å². The van der Waals surface area contributed by atoms with E-state index in [9.17, 15) is 10.1 Å². The number of hydrogen-bond acceptors (Lipinski definition) is 4. The molecule has 0 spiro atoms. The van der Waals surface area contributed by atoms with Gasteiger partial charge in [0.25, 0.3) is 0 Å². The van der Waals surface area contributed by atoms with E-state index in [1.807, 2.05) is 13.1 Å². The predicted octanol–water partition coefficient (Wildman–Crippen LogP) is 2.11. The standard InChI is InChI=1S/C17H23ClN4O/c1-20-16(23)12-22-8-6-13(7-9-22)11-21(2)17-14(10-19)4-3-5-15(17)18/h3-5,13H,6-9,11-12H2,1-2H3,(H,20,23). The van der Waals surface area contributed by atoms with Crippen LogP contribution in [0.1, 0.15) is 18.4 Å². The van der Waals surface area contributed by atoms with Crippen LogP contribution in [0, 0.1) is 17.2 Å². The average molecular weight is 335 g/mol. The van der Waals surface area contributed by atoms with Crippen LogP contribution in [0.4, 0.5) is 5.69 Å². The first kappa shape index (κ1) is 17.6. The van der Waals surface area contributed by atoms with Crippen molar-refractivity contribution in [3.05, 3.63) is 28.8 Å². The van der Waals surface area contributed by atoms with Crippen molar-refractivity contribution in [1.82, 2.24) is 10.2 Å². The summed E-state index contributed by atoms with van der Waals surface area (Å²) in [5, 5.41) is 12.5. The van der Waals surface area contributed by atoms with Crippen LogP contribution in [-0.4, -0.2) is 51.1 Å². The molecule has 1 aromatic carbocycles. The average Bonchev–Trinajstić information content (AvgIpc) is 2.56. The molecule has 23 heavy (non-hydrogen) atoms. The van der Waals surface area contributed by atoms with Crippen molar-refractivity contribution >= 4 is 23.2 Å². The molecular formula is C17H23ClN4O. The first-order chi connectivity index (χ1) is 11.0. The van der Waals surface area contributed by atoms with Crippen LogP contribution in [-0.2, 0) is 4.79 Å². The van der Waals surface area contributed by atoms with Crippen molar-refractivity contribution in [2.45, 2.75) is 12.8 Å². The molecule has 124 valence electrons. The van der Waals surface area contributed by atoms with Crippen LogP contribution < -0.4 is 10.2 Å². The summed E-state index contributed by atoms with van der Waals surface area (Å²) in [6.45, 7) is 3.20. The molecule has 1 aromatic rings. The molecule has 0 saturated carbocycles. The second kappa shape index (κ2) is 8.19. The molecule has 6 heteroatoms. The number of likely N-dealkylation sites (N-methyl/N-ethyl adjacent to an activating group) is 1. The molecular weight excluding hydrogens is 312 g/mol. The number of likely N-dealkylation sites (tertiary alicyclic amines) is 1. The third kappa shape index (κ3) is 4.60. The van der Waals surface area contributed by atoms with Gasteiger partial charge < -0.3 is 10.2 Å². The number of piperidine rings is 1. The molecule has 1 heterocycles. The van der Waals surface area contributed by atoms with Gasteiger partial charge >= 0.3 is 0 Å². The van der Waals surface area contributed by atoms with E-state index in [-0.39, 0.29) is 5.91 Å². The second-order valence-electron chi connectivity index (χ2n) is 6.02. The lowest BCUT2D eigenvalue weighted by molar-refractivity contribution is -0.122. The van der Waals surface area contributed by atoms with Gasteiger partial charge in [0.05, 0.1) is 22.8 Å². The van der Waals surface area contributed by atoms with E-state index < -0.39 is 0 Å². The van der Waals surface area contributed by atoms with Crippen LogP contribution in [0.3, 0.4) is 0 Å². The second-order valence-corrected chi connectivity index (χ2v) is 6.43. The van der Waals surface area contributed by atoms with E-state index in [1.54, 1.807) is 19.2 Å². The Morgan fingerprint density at radius 3 is 2.78 bits per heavy atom. The van der Waals surface area contributed by atoms with Gasteiger partial charge in [-0.25, -0.2) is 0 Å². The highest BCUT2D eigenvalue weighted by Crippen LogP contribution is 2.30. The summed E-state index contributed by atoms with van der Waals surface area (Å²) in [6.07, 6.45) is 2.10. The topological polar surface area (TPSA) is 59.4 Å². The quantitative estimate of drug-likeness (QED) is 0.896. The van der Waals surface area contributed by atoms with Gasteiger partial charge in [0, 0.05) is 20.6 Å². The molecule has 0 unspecified atom stereocenters. The van der Waals surface area contributed by atoms with Crippen LogP contribution in [0.2, 0.25) is 5.02 Å². The summed E-state index contributed by atoms with van der Waals surface area (Å²) >= 11 is 6.27. The summed E-state index contributed by atoms with van der Waals surface area (Å²) in [5.74, 6) is 0.610. The zero-order valence-electron chi connectivity index (χ0n) is 13.7. The van der Waals surface area contributed by atoms with Crippen LogP contribution in [0.25, 0.3) is 0 Å². The van der Waals surface area contributed by atoms with Gasteiger partial charge in [-0.2, -0.15) is 5.26 Å². The van der Waals surface area contributed by atoms with Crippen molar-refractivity contribution in [3.63, 3.8) is 0 Å². The molecule has 1 amide bonds. The molecule has 1 saturated heterocycles. The van der Waals surface area contributed by atoms with E-state index in [0.29, 0.717) is 23.0 Å². The zero-order chi connectivity index (χ0) is 16.8.